The van der Waals surface area contributed by atoms with Gasteiger partial charge in [-0.3, -0.25) is 0 Å². The number of rotatable bonds is 8. The van der Waals surface area contributed by atoms with Crippen molar-refractivity contribution in [1.29, 1.82) is 0 Å². The molecule has 0 aliphatic carbocycles. The Bertz CT molecular complexity index is 745. The summed E-state index contributed by atoms with van der Waals surface area (Å²) in [5.41, 5.74) is 0.730. The number of hydrogen-bond donors (Lipinski definition) is 3. The molecule has 0 aliphatic heterocycles. The van der Waals surface area contributed by atoms with Gasteiger partial charge in [0.1, 0.15) is 6.10 Å². The molecule has 0 bridgehead atoms. The zero-order valence-electron chi connectivity index (χ0n) is 15.2. The predicted octanol–water partition coefficient (Wildman–Crippen LogP) is 4.35. The highest BCUT2D eigenvalue weighted by atomic mass is 127. The first-order valence-corrected chi connectivity index (χ1v) is 9.59. The van der Waals surface area contributed by atoms with Gasteiger partial charge in [0.2, 0.25) is 0 Å². The number of halogens is 3. The minimum absolute atomic E-state index is 0. The number of nitrogens with zero attached hydrogens (tertiary/aromatic N) is 1. The fraction of sp³-hybridized carbons (Fsp3) is 0.389. The molecular formula is C18H24ClFIN3O2S. The fourth-order valence-electron chi connectivity index (χ4n) is 2.23. The average molecular weight is 528 g/mol. The number of guanidine groups is 1. The lowest BCUT2D eigenvalue weighted by Crippen LogP contribution is -2.39. The number of hydrogen-bond acceptors (Lipinski definition) is 4. The first-order chi connectivity index (χ1) is 12.5. The first-order valence-electron chi connectivity index (χ1n) is 8.40. The molecule has 1 unspecified atom stereocenters. The minimum atomic E-state index is -0.681. The third kappa shape index (κ3) is 7.81. The molecule has 9 heteroatoms. The van der Waals surface area contributed by atoms with Crippen LogP contribution >= 0.6 is 46.9 Å². The van der Waals surface area contributed by atoms with Crippen LogP contribution < -0.4 is 15.4 Å². The molecule has 1 aromatic carbocycles. The van der Waals surface area contributed by atoms with E-state index in [2.05, 4.69) is 15.6 Å². The van der Waals surface area contributed by atoms with Gasteiger partial charge >= 0.3 is 0 Å². The molecule has 0 aliphatic rings. The van der Waals surface area contributed by atoms with Gasteiger partial charge in [-0.1, -0.05) is 17.7 Å². The van der Waals surface area contributed by atoms with Gasteiger partial charge in [0.25, 0.3) is 0 Å². The van der Waals surface area contributed by atoms with Crippen LogP contribution in [0.15, 0.2) is 35.3 Å². The van der Waals surface area contributed by atoms with Crippen LogP contribution in [0.25, 0.3) is 0 Å². The molecule has 0 radical (unpaired) electrons. The second-order valence-electron chi connectivity index (χ2n) is 5.43. The molecule has 0 fully saturated rings. The van der Waals surface area contributed by atoms with E-state index < -0.39 is 11.9 Å². The Morgan fingerprint density at radius 1 is 1.30 bits per heavy atom. The highest BCUT2D eigenvalue weighted by Crippen LogP contribution is 2.26. The molecule has 0 saturated carbocycles. The zero-order valence-corrected chi connectivity index (χ0v) is 19.1. The van der Waals surface area contributed by atoms with E-state index in [4.69, 9.17) is 16.3 Å². The number of aliphatic hydroxyl groups excluding tert-OH is 1. The summed E-state index contributed by atoms with van der Waals surface area (Å²) in [4.78, 5) is 5.21. The molecule has 0 saturated heterocycles. The summed E-state index contributed by atoms with van der Waals surface area (Å²) in [5, 5.41) is 16.4. The molecule has 1 heterocycles. The lowest BCUT2D eigenvalue weighted by Gasteiger charge is -2.14. The monoisotopic (exact) mass is 527 g/mol. The fourth-order valence-corrected chi connectivity index (χ4v) is 3.28. The second kappa shape index (κ2) is 12.4. The van der Waals surface area contributed by atoms with E-state index in [0.717, 1.165) is 10.4 Å². The third-order valence-electron chi connectivity index (χ3n) is 3.45. The van der Waals surface area contributed by atoms with Crippen molar-refractivity contribution in [2.75, 3.05) is 19.7 Å². The van der Waals surface area contributed by atoms with Crippen LogP contribution in [0, 0.1) is 5.82 Å². The molecule has 27 heavy (non-hydrogen) atoms. The topological polar surface area (TPSA) is 65.9 Å². The number of benzene rings is 1. The van der Waals surface area contributed by atoms with Crippen LogP contribution in [0.3, 0.4) is 0 Å². The summed E-state index contributed by atoms with van der Waals surface area (Å²) in [6.45, 7) is 5.44. The number of thiophene rings is 1. The van der Waals surface area contributed by atoms with Crippen molar-refractivity contribution < 1.29 is 14.2 Å². The Morgan fingerprint density at radius 2 is 2.07 bits per heavy atom. The SMILES string of the molecule is CCNC(=NCc1ccc(OCC)c(F)c1)NCC(O)c1ccc(Cl)s1.I. The molecule has 2 aromatic rings. The summed E-state index contributed by atoms with van der Waals surface area (Å²) < 4.78 is 19.7. The number of ether oxygens (including phenoxy) is 1. The number of nitrogens with one attached hydrogen (secondary N) is 2. The summed E-state index contributed by atoms with van der Waals surface area (Å²) >= 11 is 7.23. The Labute approximate surface area is 185 Å². The van der Waals surface area contributed by atoms with E-state index in [1.54, 1.807) is 24.3 Å². The normalized spacial score (nSPS) is 12.3. The van der Waals surface area contributed by atoms with Crippen LogP contribution in [0.2, 0.25) is 4.34 Å². The van der Waals surface area contributed by atoms with E-state index in [1.165, 1.54) is 17.4 Å². The average Bonchev–Trinajstić information content (AvgIpc) is 3.06. The summed E-state index contributed by atoms with van der Waals surface area (Å²) in [6.07, 6.45) is -0.681. The van der Waals surface area contributed by atoms with E-state index in [1.807, 2.05) is 13.8 Å². The highest BCUT2D eigenvalue weighted by molar-refractivity contribution is 14.0. The molecule has 1 aromatic heterocycles. The molecular weight excluding hydrogens is 504 g/mol. The maximum absolute atomic E-state index is 13.9. The van der Waals surface area contributed by atoms with Crippen LogP contribution in [0.1, 0.15) is 30.4 Å². The van der Waals surface area contributed by atoms with Gasteiger partial charge in [-0.2, -0.15) is 0 Å². The van der Waals surface area contributed by atoms with Gasteiger partial charge < -0.3 is 20.5 Å². The van der Waals surface area contributed by atoms with Crippen molar-refractivity contribution >= 4 is 52.9 Å². The summed E-state index contributed by atoms with van der Waals surface area (Å²) in [6, 6.07) is 8.36. The largest absolute Gasteiger partial charge is 0.491 e. The van der Waals surface area contributed by atoms with E-state index in [0.29, 0.717) is 36.5 Å². The summed E-state index contributed by atoms with van der Waals surface area (Å²) in [7, 11) is 0. The molecule has 5 nitrogen and oxygen atoms in total. The van der Waals surface area contributed by atoms with Gasteiger partial charge in [-0.25, -0.2) is 9.38 Å². The van der Waals surface area contributed by atoms with Crippen LogP contribution in [-0.2, 0) is 6.54 Å². The molecule has 150 valence electrons. The molecule has 2 rings (SSSR count). The van der Waals surface area contributed by atoms with Crippen LogP contribution in [-0.4, -0.2) is 30.8 Å². The van der Waals surface area contributed by atoms with Gasteiger partial charge in [-0.05, 0) is 43.7 Å². The van der Waals surface area contributed by atoms with Crippen molar-refractivity contribution in [3.63, 3.8) is 0 Å². The molecule has 0 spiro atoms. The van der Waals surface area contributed by atoms with E-state index in [9.17, 15) is 9.50 Å². The van der Waals surface area contributed by atoms with E-state index >= 15 is 0 Å². The van der Waals surface area contributed by atoms with Crippen molar-refractivity contribution in [2.45, 2.75) is 26.5 Å². The highest BCUT2D eigenvalue weighted by Gasteiger charge is 2.11. The van der Waals surface area contributed by atoms with Crippen LogP contribution in [0.4, 0.5) is 4.39 Å². The second-order valence-corrected chi connectivity index (χ2v) is 7.18. The van der Waals surface area contributed by atoms with Crippen molar-refractivity contribution in [1.82, 2.24) is 10.6 Å². The number of aliphatic imine (C=N–C) groups is 1. The van der Waals surface area contributed by atoms with Crippen molar-refractivity contribution in [3.05, 3.63) is 50.9 Å². The van der Waals surface area contributed by atoms with Crippen molar-refractivity contribution in [2.24, 2.45) is 4.99 Å². The summed E-state index contributed by atoms with van der Waals surface area (Å²) in [5.74, 6) is 0.383. The Kier molecular flexibility index (Phi) is 11.0. The first kappa shape index (κ1) is 23.9. The molecule has 0 amide bonds. The third-order valence-corrected chi connectivity index (χ3v) is 4.78. The Morgan fingerprint density at radius 3 is 2.67 bits per heavy atom. The van der Waals surface area contributed by atoms with Crippen molar-refractivity contribution in [3.8, 4) is 5.75 Å². The van der Waals surface area contributed by atoms with Gasteiger partial charge in [0, 0.05) is 18.0 Å². The van der Waals surface area contributed by atoms with Crippen LogP contribution in [0.5, 0.6) is 5.75 Å². The Balaban J connectivity index is 0.00000364. The maximum atomic E-state index is 13.9. The Hall–Kier alpha value is -1.10. The quantitative estimate of drug-likeness (QED) is 0.271. The van der Waals surface area contributed by atoms with E-state index in [-0.39, 0.29) is 29.7 Å². The molecule has 3 N–H and O–H groups in total. The smallest absolute Gasteiger partial charge is 0.191 e. The minimum Gasteiger partial charge on any atom is -0.491 e. The lowest BCUT2D eigenvalue weighted by atomic mass is 10.2. The van der Waals surface area contributed by atoms with Gasteiger partial charge in [-0.15, -0.1) is 35.3 Å². The maximum Gasteiger partial charge on any atom is 0.191 e. The standard InChI is InChI=1S/C18H23ClFN3O2S.HI/c1-3-21-18(23-11-14(24)16-7-8-17(19)26-16)22-10-12-5-6-15(25-4-2)13(20)9-12;/h5-9,14,24H,3-4,10-11H2,1-2H3,(H2,21,22,23);1H. The van der Waals surface area contributed by atoms with Gasteiger partial charge in [0.05, 0.1) is 17.5 Å². The predicted molar refractivity (Wildman–Crippen MR) is 120 cm³/mol. The molecule has 1 atom stereocenters. The number of aliphatic hydroxyl groups is 1. The zero-order chi connectivity index (χ0) is 18.9. The lowest BCUT2D eigenvalue weighted by molar-refractivity contribution is 0.184. The van der Waals surface area contributed by atoms with Gasteiger partial charge in [0.15, 0.2) is 17.5 Å².